The maximum absolute atomic E-state index is 11.0. The Bertz CT molecular complexity index is 292. The van der Waals surface area contributed by atoms with E-state index in [0.717, 1.165) is 0 Å². The number of hydrogen-bond acceptors (Lipinski definition) is 4. The molecule has 1 unspecified atom stereocenters. The molecule has 0 aliphatic rings. The SMILES string of the molecule is [O-]C(OOO)c1ccc(Cl)cc1Cl. The molecule has 0 radical (unpaired) electrons. The fourth-order valence-electron chi connectivity index (χ4n) is 0.784. The lowest BCUT2D eigenvalue weighted by molar-refractivity contribution is -0.628. The van der Waals surface area contributed by atoms with Crippen molar-refractivity contribution in [2.75, 3.05) is 0 Å². The van der Waals surface area contributed by atoms with Gasteiger partial charge in [-0.05, 0) is 17.7 Å². The fraction of sp³-hybridized carbons (Fsp3) is 0.143. The monoisotopic (exact) mass is 223 g/mol. The summed E-state index contributed by atoms with van der Waals surface area (Å²) in [5, 5.41) is 22.7. The zero-order valence-corrected chi connectivity index (χ0v) is 7.75. The van der Waals surface area contributed by atoms with Gasteiger partial charge in [0.15, 0.2) is 0 Å². The number of hydrogen-bond donors (Lipinski definition) is 1. The molecule has 0 amide bonds. The van der Waals surface area contributed by atoms with Gasteiger partial charge in [0.25, 0.3) is 0 Å². The van der Waals surface area contributed by atoms with E-state index in [1.54, 1.807) is 0 Å². The van der Waals surface area contributed by atoms with Crippen molar-refractivity contribution < 1.29 is 20.3 Å². The maximum Gasteiger partial charge on any atom is 0.0488 e. The Morgan fingerprint density at radius 3 is 2.62 bits per heavy atom. The molecule has 0 spiro atoms. The molecule has 72 valence electrons. The van der Waals surface area contributed by atoms with E-state index >= 15 is 0 Å². The molecule has 0 aliphatic heterocycles. The summed E-state index contributed by atoms with van der Waals surface area (Å²) in [4.78, 5) is 3.92. The van der Waals surface area contributed by atoms with Crippen LogP contribution in [-0.2, 0) is 9.93 Å². The Hall–Kier alpha value is -0.360. The van der Waals surface area contributed by atoms with E-state index in [1.807, 2.05) is 0 Å². The van der Waals surface area contributed by atoms with Crippen molar-refractivity contribution in [3.8, 4) is 0 Å². The molecule has 0 saturated heterocycles. The highest BCUT2D eigenvalue weighted by molar-refractivity contribution is 6.35. The Labute approximate surface area is 84.1 Å². The zero-order valence-electron chi connectivity index (χ0n) is 6.24. The lowest BCUT2D eigenvalue weighted by atomic mass is 10.2. The van der Waals surface area contributed by atoms with Gasteiger partial charge in [-0.25, -0.2) is 10.1 Å². The van der Waals surface area contributed by atoms with Gasteiger partial charge in [0.1, 0.15) is 0 Å². The summed E-state index contributed by atoms with van der Waals surface area (Å²) in [5.41, 5.74) is 0.139. The zero-order chi connectivity index (χ0) is 9.84. The van der Waals surface area contributed by atoms with Gasteiger partial charge in [-0.1, -0.05) is 34.3 Å². The van der Waals surface area contributed by atoms with Crippen LogP contribution in [0, 0.1) is 0 Å². The summed E-state index contributed by atoms with van der Waals surface area (Å²) in [6, 6.07) is 4.26. The van der Waals surface area contributed by atoms with Crippen molar-refractivity contribution in [2.24, 2.45) is 0 Å². The Balaban J connectivity index is 2.88. The minimum absolute atomic E-state index is 0.139. The first-order valence-electron chi connectivity index (χ1n) is 3.23. The van der Waals surface area contributed by atoms with Crippen molar-refractivity contribution in [2.45, 2.75) is 6.29 Å². The predicted molar refractivity (Wildman–Crippen MR) is 44.0 cm³/mol. The van der Waals surface area contributed by atoms with Gasteiger partial charge in [0.2, 0.25) is 0 Å². The molecular weight excluding hydrogens is 219 g/mol. The predicted octanol–water partition coefficient (Wildman–Crippen LogP) is 1.77. The van der Waals surface area contributed by atoms with Gasteiger partial charge in [0.05, 0.1) is 0 Å². The van der Waals surface area contributed by atoms with Crippen LogP contribution in [0.2, 0.25) is 10.0 Å². The molecule has 1 atom stereocenters. The van der Waals surface area contributed by atoms with Crippen molar-refractivity contribution in [3.05, 3.63) is 33.8 Å². The van der Waals surface area contributed by atoms with Crippen LogP contribution in [0.25, 0.3) is 0 Å². The lowest BCUT2D eigenvalue weighted by Crippen LogP contribution is -2.18. The number of benzene rings is 1. The van der Waals surface area contributed by atoms with Crippen molar-refractivity contribution in [1.29, 1.82) is 0 Å². The van der Waals surface area contributed by atoms with E-state index in [2.05, 4.69) is 9.93 Å². The molecule has 0 aromatic heterocycles. The van der Waals surface area contributed by atoms with Gasteiger partial charge in [-0.3, -0.25) is 0 Å². The molecule has 1 rings (SSSR count). The molecule has 0 bridgehead atoms. The molecule has 6 heteroatoms. The smallest absolute Gasteiger partial charge is 0.0488 e. The largest absolute Gasteiger partial charge is 0.825 e. The van der Waals surface area contributed by atoms with Crippen LogP contribution >= 0.6 is 23.2 Å². The summed E-state index contributed by atoms with van der Waals surface area (Å²) >= 11 is 11.2. The second-order valence-corrected chi connectivity index (χ2v) is 3.01. The summed E-state index contributed by atoms with van der Waals surface area (Å²) in [6.45, 7) is 0. The van der Waals surface area contributed by atoms with Gasteiger partial charge in [-0.2, -0.15) is 0 Å². The normalized spacial score (nSPS) is 12.9. The van der Waals surface area contributed by atoms with Gasteiger partial charge in [-0.15, -0.1) is 0 Å². The average molecular weight is 224 g/mol. The number of rotatable bonds is 3. The van der Waals surface area contributed by atoms with Gasteiger partial charge >= 0.3 is 0 Å². The second-order valence-electron chi connectivity index (χ2n) is 2.17. The van der Waals surface area contributed by atoms with Crippen LogP contribution in [0.4, 0.5) is 0 Å². The average Bonchev–Trinajstić information content (AvgIpc) is 2.04. The molecule has 0 fully saturated rings. The third-order valence-corrected chi connectivity index (χ3v) is 1.91. The van der Waals surface area contributed by atoms with E-state index in [0.29, 0.717) is 5.02 Å². The third kappa shape index (κ3) is 2.80. The van der Waals surface area contributed by atoms with Crippen LogP contribution < -0.4 is 5.11 Å². The maximum atomic E-state index is 11.0. The van der Waals surface area contributed by atoms with Gasteiger partial charge in [0, 0.05) is 16.3 Å². The second kappa shape index (κ2) is 4.76. The van der Waals surface area contributed by atoms with Crippen LogP contribution in [0.5, 0.6) is 0 Å². The highest BCUT2D eigenvalue weighted by Gasteiger charge is 2.05. The van der Waals surface area contributed by atoms with Gasteiger partial charge < -0.3 is 5.11 Å². The molecule has 1 aromatic rings. The highest BCUT2D eigenvalue weighted by atomic mass is 35.5. The molecule has 1 N–H and O–H groups in total. The van der Waals surface area contributed by atoms with Crippen molar-refractivity contribution >= 4 is 23.2 Å². The summed E-state index contributed by atoms with van der Waals surface area (Å²) in [7, 11) is 0. The first kappa shape index (κ1) is 10.7. The number of halogens is 2. The fourth-order valence-corrected chi connectivity index (χ4v) is 1.28. The first-order valence-corrected chi connectivity index (χ1v) is 3.98. The van der Waals surface area contributed by atoms with Crippen LogP contribution in [0.1, 0.15) is 11.9 Å². The quantitative estimate of drug-likeness (QED) is 0.482. The Morgan fingerprint density at radius 1 is 1.38 bits per heavy atom. The van der Waals surface area contributed by atoms with Crippen molar-refractivity contribution in [1.82, 2.24) is 0 Å². The Morgan fingerprint density at radius 2 is 2.08 bits per heavy atom. The first-order chi connectivity index (χ1) is 6.15. The van der Waals surface area contributed by atoms with E-state index in [4.69, 9.17) is 28.5 Å². The molecule has 0 aliphatic carbocycles. The van der Waals surface area contributed by atoms with E-state index in [9.17, 15) is 5.11 Å². The third-order valence-electron chi connectivity index (χ3n) is 1.35. The standard InChI is InChI=1S/C7H5Cl2O4/c8-4-1-2-5(6(9)3-4)7(10)12-13-11/h1-3,7,11H/q-1. The molecule has 4 nitrogen and oxygen atoms in total. The van der Waals surface area contributed by atoms with Crippen molar-refractivity contribution in [3.63, 3.8) is 0 Å². The van der Waals surface area contributed by atoms with E-state index in [-0.39, 0.29) is 10.6 Å². The highest BCUT2D eigenvalue weighted by Crippen LogP contribution is 2.25. The molecule has 0 saturated carbocycles. The molecule has 1 aromatic carbocycles. The van der Waals surface area contributed by atoms with Crippen LogP contribution in [0.3, 0.4) is 0 Å². The minimum atomic E-state index is -1.70. The van der Waals surface area contributed by atoms with E-state index in [1.165, 1.54) is 18.2 Å². The molecule has 0 heterocycles. The summed E-state index contributed by atoms with van der Waals surface area (Å²) in [6.07, 6.45) is -1.70. The van der Waals surface area contributed by atoms with Crippen LogP contribution in [-0.4, -0.2) is 5.26 Å². The molecule has 13 heavy (non-hydrogen) atoms. The summed E-state index contributed by atoms with van der Waals surface area (Å²) < 4.78 is 0. The topological polar surface area (TPSA) is 61.8 Å². The minimum Gasteiger partial charge on any atom is -0.825 e. The lowest BCUT2D eigenvalue weighted by Gasteiger charge is -2.20. The summed E-state index contributed by atoms with van der Waals surface area (Å²) in [5.74, 6) is 0. The molecular formula is C7H5Cl2O4-. The Kier molecular flexibility index (Phi) is 3.92. The van der Waals surface area contributed by atoms with E-state index < -0.39 is 6.29 Å². The van der Waals surface area contributed by atoms with Crippen LogP contribution in [0.15, 0.2) is 18.2 Å².